The van der Waals surface area contributed by atoms with Crippen molar-refractivity contribution >= 4 is 11.8 Å². The van der Waals surface area contributed by atoms with Crippen molar-refractivity contribution < 1.29 is 22.8 Å². The number of nitrogens with one attached hydrogen (secondary N) is 2. The van der Waals surface area contributed by atoms with Crippen molar-refractivity contribution in [2.75, 3.05) is 0 Å². The molecule has 2 N–H and O–H groups in total. The number of amides is 2. The molecule has 1 saturated heterocycles. The molecule has 154 valence electrons. The van der Waals surface area contributed by atoms with Crippen molar-refractivity contribution in [3.8, 4) is 0 Å². The first-order chi connectivity index (χ1) is 13.6. The lowest BCUT2D eigenvalue weighted by molar-refractivity contribution is -0.171. The summed E-state index contributed by atoms with van der Waals surface area (Å²) in [6.07, 6.45) is -4.97. The van der Waals surface area contributed by atoms with Gasteiger partial charge >= 0.3 is 6.18 Å². The maximum atomic E-state index is 12.9. The van der Waals surface area contributed by atoms with Gasteiger partial charge in [0.15, 0.2) is 0 Å². The highest BCUT2D eigenvalue weighted by Gasteiger charge is 2.46. The van der Waals surface area contributed by atoms with Gasteiger partial charge in [0.2, 0.25) is 11.8 Å². The van der Waals surface area contributed by atoms with Crippen molar-refractivity contribution in [1.29, 1.82) is 0 Å². The molecule has 29 heavy (non-hydrogen) atoms. The van der Waals surface area contributed by atoms with Crippen LogP contribution in [-0.2, 0) is 9.59 Å². The summed E-state index contributed by atoms with van der Waals surface area (Å²) in [6.45, 7) is 3.87. The van der Waals surface area contributed by atoms with Crippen molar-refractivity contribution in [2.24, 2.45) is 5.92 Å². The molecule has 2 amide bonds. The van der Waals surface area contributed by atoms with Gasteiger partial charge in [0.05, 0.1) is 6.04 Å². The van der Waals surface area contributed by atoms with E-state index in [1.165, 1.54) is 0 Å². The predicted octanol–water partition coefficient (Wildman–Crippen LogP) is 3.97. The monoisotopic (exact) mass is 404 g/mol. The second kappa shape index (κ2) is 8.27. The van der Waals surface area contributed by atoms with Crippen molar-refractivity contribution in [3.05, 3.63) is 70.8 Å². The molecule has 2 aromatic carbocycles. The standard InChI is InChI=1S/C22H23F3N2O2/c1-13-5-3-7-15(11-13)19(16-8-4-6-14(2)12-16)27-21(29)17-9-10-18(22(23,24)25)26-20(17)28/h3-8,11-12,17-19H,9-10H2,1-2H3,(H,26,28)(H,27,29). The molecule has 2 unspecified atom stereocenters. The summed E-state index contributed by atoms with van der Waals surface area (Å²) in [5, 5.41) is 4.81. The highest BCUT2D eigenvalue weighted by molar-refractivity contribution is 6.01. The van der Waals surface area contributed by atoms with Crippen LogP contribution in [0.4, 0.5) is 13.2 Å². The fraction of sp³-hybridized carbons (Fsp3) is 0.364. The average Bonchev–Trinajstić information content (AvgIpc) is 2.65. The number of rotatable bonds is 4. The van der Waals surface area contributed by atoms with E-state index in [2.05, 4.69) is 5.32 Å². The Bertz CT molecular complexity index is 865. The quantitative estimate of drug-likeness (QED) is 0.758. The highest BCUT2D eigenvalue weighted by atomic mass is 19.4. The minimum Gasteiger partial charge on any atom is -0.344 e. The van der Waals surface area contributed by atoms with Gasteiger partial charge in [-0.15, -0.1) is 0 Å². The van der Waals surface area contributed by atoms with Gasteiger partial charge < -0.3 is 10.6 Å². The van der Waals surface area contributed by atoms with Gasteiger partial charge in [0.1, 0.15) is 12.0 Å². The van der Waals surface area contributed by atoms with Gasteiger partial charge in [-0.25, -0.2) is 0 Å². The van der Waals surface area contributed by atoms with E-state index >= 15 is 0 Å². The fourth-order valence-corrected chi connectivity index (χ4v) is 3.61. The molecule has 0 spiro atoms. The third-order valence-electron chi connectivity index (χ3n) is 5.13. The minimum absolute atomic E-state index is 0.143. The van der Waals surface area contributed by atoms with E-state index < -0.39 is 36.0 Å². The van der Waals surface area contributed by atoms with Crippen LogP contribution in [0.2, 0.25) is 0 Å². The van der Waals surface area contributed by atoms with Gasteiger partial charge in [-0.05, 0) is 37.8 Å². The molecule has 1 aliphatic heterocycles. The average molecular weight is 404 g/mol. The second-order valence-electron chi connectivity index (χ2n) is 7.50. The van der Waals surface area contributed by atoms with Crippen LogP contribution in [0, 0.1) is 19.8 Å². The molecule has 0 radical (unpaired) electrons. The minimum atomic E-state index is -4.51. The van der Waals surface area contributed by atoms with Crippen LogP contribution < -0.4 is 10.6 Å². The number of aryl methyl sites for hydroxylation is 2. The lowest BCUT2D eigenvalue weighted by Gasteiger charge is -2.31. The van der Waals surface area contributed by atoms with Crippen LogP contribution in [0.5, 0.6) is 0 Å². The molecule has 2 atom stereocenters. The van der Waals surface area contributed by atoms with Crippen LogP contribution in [0.3, 0.4) is 0 Å². The van der Waals surface area contributed by atoms with E-state index in [1.54, 1.807) is 0 Å². The number of hydrogen-bond acceptors (Lipinski definition) is 2. The fourth-order valence-electron chi connectivity index (χ4n) is 3.61. The van der Waals surface area contributed by atoms with Crippen LogP contribution in [0.1, 0.15) is 41.1 Å². The van der Waals surface area contributed by atoms with Crippen LogP contribution in [0.25, 0.3) is 0 Å². The van der Waals surface area contributed by atoms with Gasteiger partial charge in [0.25, 0.3) is 0 Å². The summed E-state index contributed by atoms with van der Waals surface area (Å²) in [5.74, 6) is -2.61. The number of piperidine rings is 1. The van der Waals surface area contributed by atoms with Crippen LogP contribution >= 0.6 is 0 Å². The molecular weight excluding hydrogens is 381 g/mol. The molecule has 2 aromatic rings. The van der Waals surface area contributed by atoms with Gasteiger partial charge in [-0.1, -0.05) is 59.7 Å². The number of halogens is 3. The van der Waals surface area contributed by atoms with E-state index in [0.717, 1.165) is 22.3 Å². The predicted molar refractivity (Wildman–Crippen MR) is 103 cm³/mol. The van der Waals surface area contributed by atoms with Gasteiger partial charge in [-0.3, -0.25) is 9.59 Å². The zero-order chi connectivity index (χ0) is 21.2. The zero-order valence-electron chi connectivity index (χ0n) is 16.2. The van der Waals surface area contributed by atoms with Gasteiger partial charge in [-0.2, -0.15) is 13.2 Å². The lowest BCUT2D eigenvalue weighted by Crippen LogP contribution is -2.54. The Morgan fingerprint density at radius 1 is 1.03 bits per heavy atom. The van der Waals surface area contributed by atoms with Crippen molar-refractivity contribution in [2.45, 2.75) is 44.9 Å². The third-order valence-corrected chi connectivity index (χ3v) is 5.13. The smallest absolute Gasteiger partial charge is 0.344 e. The Labute approximate surface area is 167 Å². The first-order valence-corrected chi connectivity index (χ1v) is 9.46. The molecule has 3 rings (SSSR count). The number of carbonyl (C=O) groups excluding carboxylic acids is 2. The Kier molecular flexibility index (Phi) is 5.96. The van der Waals surface area contributed by atoms with E-state index in [1.807, 2.05) is 67.7 Å². The molecule has 4 nitrogen and oxygen atoms in total. The molecule has 7 heteroatoms. The van der Waals surface area contributed by atoms with Gasteiger partial charge in [0, 0.05) is 0 Å². The SMILES string of the molecule is Cc1cccc(C(NC(=O)C2CCC(C(F)(F)F)NC2=O)c2cccc(C)c2)c1. The summed E-state index contributed by atoms with van der Waals surface area (Å²) >= 11 is 0. The molecule has 1 heterocycles. The van der Waals surface area contributed by atoms with Crippen molar-refractivity contribution in [3.63, 3.8) is 0 Å². The molecule has 0 aliphatic carbocycles. The zero-order valence-corrected chi connectivity index (χ0v) is 16.2. The summed E-state index contributed by atoms with van der Waals surface area (Å²) in [5.41, 5.74) is 3.71. The Balaban J connectivity index is 1.83. The molecule has 0 aromatic heterocycles. The number of hydrogen-bond donors (Lipinski definition) is 2. The lowest BCUT2D eigenvalue weighted by atomic mass is 9.91. The largest absolute Gasteiger partial charge is 0.408 e. The third kappa shape index (κ3) is 4.96. The van der Waals surface area contributed by atoms with E-state index in [-0.39, 0.29) is 12.8 Å². The maximum absolute atomic E-state index is 12.9. The number of carbonyl (C=O) groups is 2. The van der Waals surface area contributed by atoms with E-state index in [0.29, 0.717) is 0 Å². The summed E-state index contributed by atoms with van der Waals surface area (Å²) in [4.78, 5) is 25.0. The summed E-state index contributed by atoms with van der Waals surface area (Å²) in [7, 11) is 0. The topological polar surface area (TPSA) is 58.2 Å². The molecular formula is C22H23F3N2O2. The second-order valence-corrected chi connectivity index (χ2v) is 7.50. The number of alkyl halides is 3. The summed E-state index contributed by atoms with van der Waals surface area (Å²) in [6, 6.07) is 12.8. The maximum Gasteiger partial charge on any atom is 0.408 e. The highest BCUT2D eigenvalue weighted by Crippen LogP contribution is 2.30. The Morgan fingerprint density at radius 3 is 2.03 bits per heavy atom. The Hall–Kier alpha value is -2.83. The molecule has 1 fully saturated rings. The van der Waals surface area contributed by atoms with E-state index in [4.69, 9.17) is 0 Å². The molecule has 0 bridgehead atoms. The summed E-state index contributed by atoms with van der Waals surface area (Å²) < 4.78 is 38.6. The van der Waals surface area contributed by atoms with Crippen LogP contribution in [0.15, 0.2) is 48.5 Å². The molecule has 1 aliphatic rings. The van der Waals surface area contributed by atoms with Crippen LogP contribution in [-0.4, -0.2) is 24.0 Å². The van der Waals surface area contributed by atoms with Crippen molar-refractivity contribution in [1.82, 2.24) is 10.6 Å². The molecule has 0 saturated carbocycles. The Morgan fingerprint density at radius 2 is 1.59 bits per heavy atom. The first kappa shape index (κ1) is 20.9. The van der Waals surface area contributed by atoms with E-state index in [9.17, 15) is 22.8 Å². The first-order valence-electron chi connectivity index (χ1n) is 9.46. The number of benzene rings is 2. The normalized spacial score (nSPS) is 19.7.